The summed E-state index contributed by atoms with van der Waals surface area (Å²) in [5.74, 6) is 0.363. The van der Waals surface area contributed by atoms with E-state index in [-0.39, 0.29) is 18.4 Å². The summed E-state index contributed by atoms with van der Waals surface area (Å²) in [6.45, 7) is 8.11. The number of nitrogens with zero attached hydrogens (tertiary/aromatic N) is 1. The number of carbonyl (C=O) groups excluding carboxylic acids is 1. The van der Waals surface area contributed by atoms with Gasteiger partial charge in [-0.1, -0.05) is 6.08 Å². The zero-order valence-corrected chi connectivity index (χ0v) is 8.29. The van der Waals surface area contributed by atoms with E-state index >= 15 is 0 Å². The van der Waals surface area contributed by atoms with Crippen LogP contribution in [0.1, 0.15) is 20.3 Å². The number of likely N-dealkylation sites (tertiary alicyclic amines) is 1. The number of amides is 1. The molecule has 1 atom stereocenters. The van der Waals surface area contributed by atoms with Gasteiger partial charge < -0.3 is 10.0 Å². The number of rotatable bonds is 3. The average molecular weight is 183 g/mol. The van der Waals surface area contributed by atoms with E-state index in [1.165, 1.54) is 0 Å². The van der Waals surface area contributed by atoms with Crippen molar-refractivity contribution in [3.8, 4) is 0 Å². The summed E-state index contributed by atoms with van der Waals surface area (Å²) in [5.41, 5.74) is -0.436. The Hall–Kier alpha value is -0.830. The van der Waals surface area contributed by atoms with Crippen LogP contribution in [-0.4, -0.2) is 34.6 Å². The minimum absolute atomic E-state index is 0.00258. The second-order valence-corrected chi connectivity index (χ2v) is 4.17. The van der Waals surface area contributed by atoms with E-state index < -0.39 is 5.54 Å². The predicted molar refractivity (Wildman–Crippen MR) is 51.2 cm³/mol. The Labute approximate surface area is 79.0 Å². The summed E-state index contributed by atoms with van der Waals surface area (Å²) >= 11 is 0. The van der Waals surface area contributed by atoms with Crippen LogP contribution < -0.4 is 0 Å². The second-order valence-electron chi connectivity index (χ2n) is 4.17. The van der Waals surface area contributed by atoms with Crippen LogP contribution in [0.2, 0.25) is 0 Å². The molecule has 0 aromatic carbocycles. The first kappa shape index (κ1) is 10.3. The van der Waals surface area contributed by atoms with E-state index in [1.54, 1.807) is 4.90 Å². The van der Waals surface area contributed by atoms with Gasteiger partial charge in [0.05, 0.1) is 12.1 Å². The van der Waals surface area contributed by atoms with Gasteiger partial charge in [-0.2, -0.15) is 0 Å². The van der Waals surface area contributed by atoms with Crippen molar-refractivity contribution in [1.82, 2.24) is 4.90 Å². The Bertz CT molecular complexity index is 223. The second kappa shape index (κ2) is 3.50. The molecular formula is C10H17NO2. The monoisotopic (exact) mass is 183 g/mol. The predicted octanol–water partition coefficient (Wildman–Crippen LogP) is 0.792. The molecule has 0 aliphatic carbocycles. The van der Waals surface area contributed by atoms with E-state index in [4.69, 9.17) is 5.11 Å². The van der Waals surface area contributed by atoms with Crippen molar-refractivity contribution >= 4 is 5.91 Å². The lowest BCUT2D eigenvalue weighted by atomic mass is 10.1. The van der Waals surface area contributed by atoms with Gasteiger partial charge in [0.1, 0.15) is 0 Å². The summed E-state index contributed by atoms with van der Waals surface area (Å²) < 4.78 is 0. The smallest absolute Gasteiger partial charge is 0.223 e. The molecule has 0 aromatic heterocycles. The quantitative estimate of drug-likeness (QED) is 0.657. The van der Waals surface area contributed by atoms with Crippen molar-refractivity contribution < 1.29 is 9.90 Å². The molecule has 3 heteroatoms. The Morgan fingerprint density at radius 2 is 2.38 bits per heavy atom. The molecule has 1 unspecified atom stereocenters. The van der Waals surface area contributed by atoms with Crippen LogP contribution >= 0.6 is 0 Å². The number of aliphatic hydroxyl groups excluding tert-OH is 1. The standard InChI is InChI=1S/C10H17NO2/c1-4-8-5-9(13)11(6-8)10(2,3)7-12/h4,8,12H,1,5-7H2,2-3H3. The molecule has 13 heavy (non-hydrogen) atoms. The van der Waals surface area contributed by atoms with Crippen LogP contribution in [0.15, 0.2) is 12.7 Å². The highest BCUT2D eigenvalue weighted by Gasteiger charge is 2.37. The fourth-order valence-electron chi connectivity index (χ4n) is 1.56. The van der Waals surface area contributed by atoms with Gasteiger partial charge in [0.15, 0.2) is 0 Å². The van der Waals surface area contributed by atoms with Crippen molar-refractivity contribution in [3.05, 3.63) is 12.7 Å². The minimum Gasteiger partial charge on any atom is -0.394 e. The maximum absolute atomic E-state index is 11.5. The molecule has 74 valence electrons. The van der Waals surface area contributed by atoms with Crippen LogP contribution in [-0.2, 0) is 4.79 Å². The van der Waals surface area contributed by atoms with Crippen LogP contribution in [0.3, 0.4) is 0 Å². The van der Waals surface area contributed by atoms with E-state index in [2.05, 4.69) is 6.58 Å². The zero-order chi connectivity index (χ0) is 10.1. The molecule has 1 amide bonds. The minimum atomic E-state index is -0.436. The Kier molecular flexibility index (Phi) is 2.76. The van der Waals surface area contributed by atoms with Crippen molar-refractivity contribution in [2.45, 2.75) is 25.8 Å². The third-order valence-electron chi connectivity index (χ3n) is 2.61. The summed E-state index contributed by atoms with van der Waals surface area (Å²) in [6.07, 6.45) is 2.35. The number of hydrogen-bond acceptors (Lipinski definition) is 2. The SMILES string of the molecule is C=CC1CC(=O)N(C(C)(C)CO)C1. The summed E-state index contributed by atoms with van der Waals surface area (Å²) in [6, 6.07) is 0. The molecule has 1 fully saturated rings. The number of carbonyl (C=O) groups is 1. The Balaban J connectivity index is 2.72. The summed E-state index contributed by atoms with van der Waals surface area (Å²) in [4.78, 5) is 13.3. The molecular weight excluding hydrogens is 166 g/mol. The molecule has 1 heterocycles. The Morgan fingerprint density at radius 3 is 2.77 bits per heavy atom. The van der Waals surface area contributed by atoms with Gasteiger partial charge in [-0.05, 0) is 13.8 Å². The normalized spacial score (nSPS) is 23.8. The fraction of sp³-hybridized carbons (Fsp3) is 0.700. The highest BCUT2D eigenvalue weighted by molar-refractivity contribution is 5.79. The molecule has 0 spiro atoms. The van der Waals surface area contributed by atoms with E-state index in [9.17, 15) is 4.79 Å². The first-order valence-corrected chi connectivity index (χ1v) is 4.55. The maximum atomic E-state index is 11.5. The van der Waals surface area contributed by atoms with Crippen molar-refractivity contribution in [3.63, 3.8) is 0 Å². The molecule has 1 N–H and O–H groups in total. The lowest BCUT2D eigenvalue weighted by Crippen LogP contribution is -2.47. The van der Waals surface area contributed by atoms with Gasteiger partial charge in [0.25, 0.3) is 0 Å². The van der Waals surface area contributed by atoms with Crippen molar-refractivity contribution in [2.75, 3.05) is 13.2 Å². The van der Waals surface area contributed by atoms with Crippen molar-refractivity contribution in [1.29, 1.82) is 0 Å². The molecule has 3 nitrogen and oxygen atoms in total. The van der Waals surface area contributed by atoms with Gasteiger partial charge in [-0.25, -0.2) is 0 Å². The van der Waals surface area contributed by atoms with E-state index in [0.29, 0.717) is 13.0 Å². The maximum Gasteiger partial charge on any atom is 0.223 e. The van der Waals surface area contributed by atoms with E-state index in [1.807, 2.05) is 19.9 Å². The van der Waals surface area contributed by atoms with Gasteiger partial charge in [-0.3, -0.25) is 4.79 Å². The van der Waals surface area contributed by atoms with Gasteiger partial charge in [0, 0.05) is 18.9 Å². The highest BCUT2D eigenvalue weighted by atomic mass is 16.3. The summed E-state index contributed by atoms with van der Waals surface area (Å²) in [5, 5.41) is 9.11. The average Bonchev–Trinajstić information content (AvgIpc) is 2.47. The molecule has 0 bridgehead atoms. The van der Waals surface area contributed by atoms with Crippen LogP contribution in [0, 0.1) is 5.92 Å². The molecule has 0 aromatic rings. The van der Waals surface area contributed by atoms with Crippen LogP contribution in [0.4, 0.5) is 0 Å². The lowest BCUT2D eigenvalue weighted by molar-refractivity contribution is -0.133. The topological polar surface area (TPSA) is 40.5 Å². The molecule has 0 saturated carbocycles. The van der Waals surface area contributed by atoms with Crippen LogP contribution in [0.5, 0.6) is 0 Å². The highest BCUT2D eigenvalue weighted by Crippen LogP contribution is 2.25. The third-order valence-corrected chi connectivity index (χ3v) is 2.61. The number of hydrogen-bond donors (Lipinski definition) is 1. The Morgan fingerprint density at radius 1 is 1.77 bits per heavy atom. The van der Waals surface area contributed by atoms with Crippen molar-refractivity contribution in [2.24, 2.45) is 5.92 Å². The molecule has 1 saturated heterocycles. The fourth-order valence-corrected chi connectivity index (χ4v) is 1.56. The molecule has 1 rings (SSSR count). The lowest BCUT2D eigenvalue weighted by Gasteiger charge is -2.33. The van der Waals surface area contributed by atoms with Crippen LogP contribution in [0.25, 0.3) is 0 Å². The molecule has 1 aliphatic rings. The first-order valence-electron chi connectivity index (χ1n) is 4.55. The number of aliphatic hydroxyl groups is 1. The zero-order valence-electron chi connectivity index (χ0n) is 8.29. The summed E-state index contributed by atoms with van der Waals surface area (Å²) in [7, 11) is 0. The van der Waals surface area contributed by atoms with E-state index in [0.717, 1.165) is 0 Å². The molecule has 0 radical (unpaired) electrons. The largest absolute Gasteiger partial charge is 0.394 e. The van der Waals surface area contributed by atoms with Gasteiger partial charge in [0.2, 0.25) is 5.91 Å². The third kappa shape index (κ3) is 1.91. The van der Waals surface area contributed by atoms with Gasteiger partial charge >= 0.3 is 0 Å². The first-order chi connectivity index (χ1) is 6.01. The molecule has 1 aliphatic heterocycles. The van der Waals surface area contributed by atoms with Gasteiger partial charge in [-0.15, -0.1) is 6.58 Å².